The summed E-state index contributed by atoms with van der Waals surface area (Å²) in [5.41, 5.74) is 0.866. The van der Waals surface area contributed by atoms with Crippen LogP contribution in [0, 0.1) is 0 Å². The monoisotopic (exact) mass is 325 g/mol. The van der Waals surface area contributed by atoms with Gasteiger partial charge in [-0.1, -0.05) is 11.6 Å². The average molecular weight is 325 g/mol. The molecule has 1 atom stereocenters. The number of pyridine rings is 1. The molecule has 8 heteroatoms. The lowest BCUT2D eigenvalue weighted by Gasteiger charge is -2.34. The van der Waals surface area contributed by atoms with E-state index in [4.69, 9.17) is 4.52 Å². The molecule has 0 aromatic carbocycles. The normalized spacial score (nSPS) is 18.8. The van der Waals surface area contributed by atoms with Crippen LogP contribution in [0.5, 0.6) is 0 Å². The predicted molar refractivity (Wildman–Crippen MR) is 85.6 cm³/mol. The number of hydrogen-bond donors (Lipinski definition) is 0. The molecule has 3 aromatic heterocycles. The molecule has 1 aliphatic heterocycles. The zero-order valence-electron chi connectivity index (χ0n) is 13.3. The average Bonchev–Trinajstić information content (AvgIpc) is 3.29. The lowest BCUT2D eigenvalue weighted by atomic mass is 10.0. The SMILES string of the molecule is c1cncc(-c2noc(CN3CCCCC3Cn3cncn3)n2)c1. The molecule has 1 saturated heterocycles. The van der Waals surface area contributed by atoms with Crippen molar-refractivity contribution in [2.75, 3.05) is 6.54 Å². The summed E-state index contributed by atoms with van der Waals surface area (Å²) in [6.07, 6.45) is 10.4. The van der Waals surface area contributed by atoms with Gasteiger partial charge >= 0.3 is 0 Å². The maximum atomic E-state index is 5.44. The summed E-state index contributed by atoms with van der Waals surface area (Å²) in [5.74, 6) is 1.22. The second-order valence-electron chi connectivity index (χ2n) is 5.99. The zero-order valence-corrected chi connectivity index (χ0v) is 13.3. The molecule has 4 heterocycles. The van der Waals surface area contributed by atoms with Crippen LogP contribution in [0.2, 0.25) is 0 Å². The highest BCUT2D eigenvalue weighted by atomic mass is 16.5. The molecule has 124 valence electrons. The molecule has 0 bridgehead atoms. The van der Waals surface area contributed by atoms with Crippen molar-refractivity contribution in [1.82, 2.24) is 34.8 Å². The maximum Gasteiger partial charge on any atom is 0.241 e. The molecular formula is C16H19N7O. The van der Waals surface area contributed by atoms with Gasteiger partial charge in [-0.2, -0.15) is 10.1 Å². The third-order valence-corrected chi connectivity index (χ3v) is 4.34. The van der Waals surface area contributed by atoms with Crippen LogP contribution < -0.4 is 0 Å². The Morgan fingerprint density at radius 1 is 1.25 bits per heavy atom. The quantitative estimate of drug-likeness (QED) is 0.706. The topological polar surface area (TPSA) is 85.8 Å². The Bertz CT molecular complexity index is 756. The minimum absolute atomic E-state index is 0.411. The molecule has 0 aliphatic carbocycles. The highest BCUT2D eigenvalue weighted by molar-refractivity contribution is 5.51. The van der Waals surface area contributed by atoms with Gasteiger partial charge in [-0.25, -0.2) is 4.98 Å². The molecule has 4 rings (SSSR count). The Kier molecular flexibility index (Phi) is 4.28. The smallest absolute Gasteiger partial charge is 0.241 e. The fraction of sp³-hybridized carbons (Fsp3) is 0.438. The van der Waals surface area contributed by atoms with E-state index < -0.39 is 0 Å². The molecule has 8 nitrogen and oxygen atoms in total. The minimum atomic E-state index is 0.411. The van der Waals surface area contributed by atoms with Gasteiger partial charge in [0.25, 0.3) is 0 Å². The summed E-state index contributed by atoms with van der Waals surface area (Å²) in [6.45, 7) is 2.53. The fourth-order valence-electron chi connectivity index (χ4n) is 3.12. The fourth-order valence-corrected chi connectivity index (χ4v) is 3.12. The Balaban J connectivity index is 1.46. The Hall–Kier alpha value is -2.61. The van der Waals surface area contributed by atoms with Crippen molar-refractivity contribution in [2.24, 2.45) is 0 Å². The minimum Gasteiger partial charge on any atom is -0.338 e. The van der Waals surface area contributed by atoms with Crippen molar-refractivity contribution in [3.05, 3.63) is 43.1 Å². The summed E-state index contributed by atoms with van der Waals surface area (Å²) in [7, 11) is 0. The summed E-state index contributed by atoms with van der Waals surface area (Å²) in [5, 5.41) is 8.29. The van der Waals surface area contributed by atoms with Crippen LogP contribution in [0.3, 0.4) is 0 Å². The molecule has 0 amide bonds. The van der Waals surface area contributed by atoms with E-state index in [0.717, 1.165) is 25.1 Å². The first kappa shape index (κ1) is 14.9. The second kappa shape index (κ2) is 6.88. The van der Waals surface area contributed by atoms with Gasteiger partial charge in [0, 0.05) is 24.0 Å². The first-order chi connectivity index (χ1) is 11.9. The number of aromatic nitrogens is 6. The van der Waals surface area contributed by atoms with Crippen LogP contribution in [0.4, 0.5) is 0 Å². The van der Waals surface area contributed by atoms with Gasteiger partial charge in [0.1, 0.15) is 12.7 Å². The zero-order chi connectivity index (χ0) is 16.2. The first-order valence-corrected chi connectivity index (χ1v) is 8.18. The van der Waals surface area contributed by atoms with Gasteiger partial charge in [-0.3, -0.25) is 14.6 Å². The van der Waals surface area contributed by atoms with Crippen molar-refractivity contribution in [3.8, 4) is 11.4 Å². The Labute approximate surface area is 139 Å². The van der Waals surface area contributed by atoms with Gasteiger partial charge in [-0.05, 0) is 31.5 Å². The summed E-state index contributed by atoms with van der Waals surface area (Å²) < 4.78 is 7.33. The van der Waals surface area contributed by atoms with E-state index in [1.54, 1.807) is 25.0 Å². The molecule has 0 N–H and O–H groups in total. The molecule has 0 spiro atoms. The van der Waals surface area contributed by atoms with Gasteiger partial charge in [0.05, 0.1) is 13.1 Å². The standard InChI is InChI=1S/C16H19N7O/c1-2-7-22(14(5-1)9-23-12-18-11-19-23)10-15-20-16(21-24-15)13-4-3-6-17-8-13/h3-4,6,8,11-12,14H,1-2,5,7,9-10H2. The van der Waals surface area contributed by atoms with E-state index in [2.05, 4.69) is 30.1 Å². The van der Waals surface area contributed by atoms with E-state index in [-0.39, 0.29) is 0 Å². The van der Waals surface area contributed by atoms with Crippen molar-refractivity contribution >= 4 is 0 Å². The number of likely N-dealkylation sites (tertiary alicyclic amines) is 1. The second-order valence-corrected chi connectivity index (χ2v) is 5.99. The Morgan fingerprint density at radius 2 is 2.25 bits per heavy atom. The molecule has 1 fully saturated rings. The number of piperidine rings is 1. The Morgan fingerprint density at radius 3 is 3.08 bits per heavy atom. The molecule has 3 aromatic rings. The van der Waals surface area contributed by atoms with Crippen LogP contribution in [-0.4, -0.2) is 47.4 Å². The summed E-state index contributed by atoms with van der Waals surface area (Å²) >= 11 is 0. The van der Waals surface area contributed by atoms with Gasteiger partial charge in [0.2, 0.25) is 11.7 Å². The van der Waals surface area contributed by atoms with E-state index in [0.29, 0.717) is 24.3 Å². The van der Waals surface area contributed by atoms with Gasteiger partial charge in [0.15, 0.2) is 0 Å². The number of rotatable bonds is 5. The molecule has 0 radical (unpaired) electrons. The third kappa shape index (κ3) is 3.33. The lowest BCUT2D eigenvalue weighted by Crippen LogP contribution is -2.41. The van der Waals surface area contributed by atoms with Crippen LogP contribution in [0.1, 0.15) is 25.2 Å². The van der Waals surface area contributed by atoms with Crippen LogP contribution in [0.25, 0.3) is 11.4 Å². The van der Waals surface area contributed by atoms with Crippen molar-refractivity contribution in [3.63, 3.8) is 0 Å². The van der Waals surface area contributed by atoms with Crippen molar-refractivity contribution in [1.29, 1.82) is 0 Å². The highest BCUT2D eigenvalue weighted by Crippen LogP contribution is 2.21. The van der Waals surface area contributed by atoms with E-state index >= 15 is 0 Å². The highest BCUT2D eigenvalue weighted by Gasteiger charge is 2.25. The van der Waals surface area contributed by atoms with E-state index in [1.807, 2.05) is 16.8 Å². The van der Waals surface area contributed by atoms with Crippen LogP contribution >= 0.6 is 0 Å². The number of hydrogen-bond acceptors (Lipinski definition) is 7. The van der Waals surface area contributed by atoms with Gasteiger partial charge < -0.3 is 4.52 Å². The lowest BCUT2D eigenvalue weighted by molar-refractivity contribution is 0.108. The van der Waals surface area contributed by atoms with E-state index in [9.17, 15) is 0 Å². The predicted octanol–water partition coefficient (Wildman–Crippen LogP) is 1.78. The summed E-state index contributed by atoms with van der Waals surface area (Å²) in [6, 6.07) is 4.20. The summed E-state index contributed by atoms with van der Waals surface area (Å²) in [4.78, 5) is 15.0. The molecule has 1 unspecified atom stereocenters. The van der Waals surface area contributed by atoms with Gasteiger partial charge in [-0.15, -0.1) is 0 Å². The molecule has 24 heavy (non-hydrogen) atoms. The third-order valence-electron chi connectivity index (χ3n) is 4.34. The van der Waals surface area contributed by atoms with Crippen LogP contribution in [0.15, 0.2) is 41.7 Å². The molecule has 1 aliphatic rings. The maximum absolute atomic E-state index is 5.44. The largest absolute Gasteiger partial charge is 0.338 e. The van der Waals surface area contributed by atoms with E-state index in [1.165, 1.54) is 12.8 Å². The van der Waals surface area contributed by atoms with Crippen molar-refractivity contribution in [2.45, 2.75) is 38.4 Å². The molecule has 0 saturated carbocycles. The number of nitrogens with zero attached hydrogens (tertiary/aromatic N) is 7. The van der Waals surface area contributed by atoms with Crippen molar-refractivity contribution < 1.29 is 4.52 Å². The first-order valence-electron chi connectivity index (χ1n) is 8.18. The van der Waals surface area contributed by atoms with Crippen LogP contribution in [-0.2, 0) is 13.1 Å². The molecular weight excluding hydrogens is 306 g/mol.